The number of carbonyl (C=O) groups is 3. The summed E-state index contributed by atoms with van der Waals surface area (Å²) in [6.45, 7) is 5.91. The zero-order valence-corrected chi connectivity index (χ0v) is 19.6. The molecular formula is C26H28N2O6. The molecule has 2 aliphatic rings. The summed E-state index contributed by atoms with van der Waals surface area (Å²) in [5, 5.41) is 2.83. The third kappa shape index (κ3) is 4.90. The quantitative estimate of drug-likeness (QED) is 0.633. The van der Waals surface area contributed by atoms with E-state index in [0.29, 0.717) is 22.8 Å². The van der Waals surface area contributed by atoms with Gasteiger partial charge < -0.3 is 24.4 Å². The van der Waals surface area contributed by atoms with E-state index in [1.54, 1.807) is 19.9 Å². The highest BCUT2D eigenvalue weighted by molar-refractivity contribution is 5.97. The van der Waals surface area contributed by atoms with E-state index in [1.807, 2.05) is 43.3 Å². The summed E-state index contributed by atoms with van der Waals surface area (Å²) in [5.74, 6) is -0.122. The van der Waals surface area contributed by atoms with E-state index < -0.39 is 11.9 Å². The lowest BCUT2D eigenvalue weighted by Crippen LogP contribution is -2.44. The van der Waals surface area contributed by atoms with Gasteiger partial charge in [-0.3, -0.25) is 9.59 Å². The van der Waals surface area contributed by atoms with Crippen LogP contribution in [0.15, 0.2) is 53.7 Å². The molecule has 0 saturated heterocycles. The van der Waals surface area contributed by atoms with Gasteiger partial charge in [0.25, 0.3) is 0 Å². The fraction of sp³-hybridized carbons (Fsp3) is 0.346. The van der Waals surface area contributed by atoms with Gasteiger partial charge in [0.15, 0.2) is 11.5 Å². The first-order valence-corrected chi connectivity index (χ1v) is 11.3. The number of ether oxygens (including phenoxy) is 3. The summed E-state index contributed by atoms with van der Waals surface area (Å²) >= 11 is 0. The summed E-state index contributed by atoms with van der Waals surface area (Å²) < 4.78 is 16.0. The minimum Gasteiger partial charge on any atom is -0.463 e. The minimum absolute atomic E-state index is 0.0873. The Balaban J connectivity index is 1.51. The number of rotatable bonds is 7. The average molecular weight is 465 g/mol. The number of hydrogen-bond acceptors (Lipinski definition) is 6. The standard InChI is InChI=1S/C26H28N2O6/c1-4-32-26(31)25-17(3)28(24(30)12-20(25)19-8-5-16(2)6-9-19)14-23(29)27-13-18-7-10-21-22(11-18)34-15-33-21/h5-11,20H,4,12-15H2,1-3H3,(H,27,29). The van der Waals surface area contributed by atoms with Gasteiger partial charge in [-0.15, -0.1) is 0 Å². The van der Waals surface area contributed by atoms with Crippen LogP contribution in [0.25, 0.3) is 0 Å². The van der Waals surface area contributed by atoms with Crippen LogP contribution in [-0.2, 0) is 25.7 Å². The number of carbonyl (C=O) groups excluding carboxylic acids is 3. The number of benzene rings is 2. The molecule has 1 unspecified atom stereocenters. The minimum atomic E-state index is -0.469. The van der Waals surface area contributed by atoms with Crippen LogP contribution in [0.4, 0.5) is 0 Å². The van der Waals surface area contributed by atoms with Crippen molar-refractivity contribution in [3.63, 3.8) is 0 Å². The SMILES string of the molecule is CCOC(=O)C1=C(C)N(CC(=O)NCc2ccc3c(c2)OCO3)C(=O)CC1c1ccc(C)cc1. The molecule has 2 aromatic rings. The number of fused-ring (bicyclic) bond motifs is 1. The Hall–Kier alpha value is -3.81. The van der Waals surface area contributed by atoms with Gasteiger partial charge >= 0.3 is 5.97 Å². The third-order valence-electron chi connectivity index (χ3n) is 6.03. The smallest absolute Gasteiger partial charge is 0.336 e. The fourth-order valence-electron chi connectivity index (χ4n) is 4.21. The predicted octanol–water partition coefficient (Wildman–Crippen LogP) is 3.19. The Bertz CT molecular complexity index is 1140. The van der Waals surface area contributed by atoms with E-state index in [-0.39, 0.29) is 44.7 Å². The van der Waals surface area contributed by atoms with E-state index >= 15 is 0 Å². The molecule has 0 fully saturated rings. The summed E-state index contributed by atoms with van der Waals surface area (Å²) in [4.78, 5) is 40.0. The van der Waals surface area contributed by atoms with Crippen molar-refractivity contribution in [3.05, 3.63) is 70.4 Å². The van der Waals surface area contributed by atoms with Crippen LogP contribution in [0.5, 0.6) is 11.5 Å². The van der Waals surface area contributed by atoms with E-state index in [1.165, 1.54) is 4.90 Å². The third-order valence-corrected chi connectivity index (χ3v) is 6.03. The Morgan fingerprint density at radius 2 is 1.82 bits per heavy atom. The zero-order valence-electron chi connectivity index (χ0n) is 19.6. The number of esters is 1. The molecule has 0 saturated carbocycles. The average Bonchev–Trinajstić information content (AvgIpc) is 3.28. The maximum absolute atomic E-state index is 13.0. The topological polar surface area (TPSA) is 94.2 Å². The van der Waals surface area contributed by atoms with Crippen LogP contribution >= 0.6 is 0 Å². The van der Waals surface area contributed by atoms with Gasteiger partial charge in [0, 0.05) is 24.6 Å². The van der Waals surface area contributed by atoms with Crippen molar-refractivity contribution >= 4 is 17.8 Å². The second-order valence-corrected chi connectivity index (χ2v) is 8.33. The van der Waals surface area contributed by atoms with Crippen molar-refractivity contribution < 1.29 is 28.6 Å². The molecule has 2 aromatic carbocycles. The molecule has 4 rings (SSSR count). The Labute approximate surface area is 198 Å². The molecule has 2 aliphatic heterocycles. The number of hydrogen-bond donors (Lipinski definition) is 1. The summed E-state index contributed by atoms with van der Waals surface area (Å²) in [6.07, 6.45) is 0.0873. The molecule has 2 heterocycles. The van der Waals surface area contributed by atoms with Crippen molar-refractivity contribution in [2.45, 2.75) is 39.7 Å². The van der Waals surface area contributed by atoms with Crippen molar-refractivity contribution in [1.29, 1.82) is 0 Å². The van der Waals surface area contributed by atoms with Crippen LogP contribution < -0.4 is 14.8 Å². The largest absolute Gasteiger partial charge is 0.463 e. The van der Waals surface area contributed by atoms with Gasteiger partial charge in [-0.25, -0.2) is 4.79 Å². The fourth-order valence-corrected chi connectivity index (χ4v) is 4.21. The molecule has 1 atom stereocenters. The molecule has 34 heavy (non-hydrogen) atoms. The second kappa shape index (κ2) is 9.99. The van der Waals surface area contributed by atoms with Gasteiger partial charge in [-0.05, 0) is 44.0 Å². The molecule has 8 heteroatoms. The van der Waals surface area contributed by atoms with Crippen molar-refractivity contribution in [1.82, 2.24) is 10.2 Å². The maximum atomic E-state index is 13.0. The van der Waals surface area contributed by atoms with Gasteiger partial charge in [-0.1, -0.05) is 35.9 Å². The van der Waals surface area contributed by atoms with Crippen molar-refractivity contribution in [3.8, 4) is 11.5 Å². The number of allylic oxidation sites excluding steroid dienone is 1. The predicted molar refractivity (Wildman–Crippen MR) is 124 cm³/mol. The number of amides is 2. The molecule has 0 spiro atoms. The first-order valence-electron chi connectivity index (χ1n) is 11.3. The van der Waals surface area contributed by atoms with Crippen LogP contribution in [0.2, 0.25) is 0 Å². The van der Waals surface area contributed by atoms with Crippen LogP contribution in [-0.4, -0.2) is 42.6 Å². The number of nitrogens with one attached hydrogen (secondary N) is 1. The summed E-state index contributed by atoms with van der Waals surface area (Å²) in [5.41, 5.74) is 3.66. The molecule has 0 radical (unpaired) electrons. The Morgan fingerprint density at radius 1 is 1.09 bits per heavy atom. The lowest BCUT2D eigenvalue weighted by molar-refractivity contribution is -0.141. The van der Waals surface area contributed by atoms with E-state index in [9.17, 15) is 14.4 Å². The van der Waals surface area contributed by atoms with Crippen molar-refractivity contribution in [2.24, 2.45) is 0 Å². The van der Waals surface area contributed by atoms with Gasteiger partial charge in [0.05, 0.1) is 12.2 Å². The van der Waals surface area contributed by atoms with E-state index in [0.717, 1.165) is 16.7 Å². The molecule has 1 N–H and O–H groups in total. The zero-order chi connectivity index (χ0) is 24.2. The first kappa shape index (κ1) is 23.4. The summed E-state index contributed by atoms with van der Waals surface area (Å²) in [6, 6.07) is 13.2. The molecule has 178 valence electrons. The molecular weight excluding hydrogens is 436 g/mol. The van der Waals surface area contributed by atoms with Crippen LogP contribution in [0, 0.1) is 6.92 Å². The normalized spacial score (nSPS) is 17.1. The lowest BCUT2D eigenvalue weighted by Gasteiger charge is -2.34. The van der Waals surface area contributed by atoms with E-state index in [4.69, 9.17) is 14.2 Å². The van der Waals surface area contributed by atoms with Crippen LogP contribution in [0.1, 0.15) is 42.9 Å². The molecule has 0 aliphatic carbocycles. The highest BCUT2D eigenvalue weighted by atomic mass is 16.7. The van der Waals surface area contributed by atoms with Gasteiger partial charge in [0.2, 0.25) is 18.6 Å². The monoisotopic (exact) mass is 464 g/mol. The molecule has 2 amide bonds. The molecule has 0 aromatic heterocycles. The molecule has 8 nitrogen and oxygen atoms in total. The first-order chi connectivity index (χ1) is 16.4. The Morgan fingerprint density at radius 3 is 2.56 bits per heavy atom. The number of aryl methyl sites for hydroxylation is 1. The second-order valence-electron chi connectivity index (χ2n) is 8.33. The maximum Gasteiger partial charge on any atom is 0.336 e. The molecule has 0 bridgehead atoms. The van der Waals surface area contributed by atoms with Crippen molar-refractivity contribution in [2.75, 3.05) is 19.9 Å². The highest BCUT2D eigenvalue weighted by Crippen LogP contribution is 2.37. The van der Waals surface area contributed by atoms with Gasteiger partial charge in [-0.2, -0.15) is 0 Å². The Kier molecular flexibility index (Phi) is 6.86. The van der Waals surface area contributed by atoms with E-state index in [2.05, 4.69) is 5.32 Å². The summed E-state index contributed by atoms with van der Waals surface area (Å²) in [7, 11) is 0. The lowest BCUT2D eigenvalue weighted by atomic mass is 9.83. The highest BCUT2D eigenvalue weighted by Gasteiger charge is 2.37. The number of nitrogens with zero attached hydrogens (tertiary/aromatic N) is 1. The van der Waals surface area contributed by atoms with Gasteiger partial charge in [0.1, 0.15) is 6.54 Å². The van der Waals surface area contributed by atoms with Crippen LogP contribution in [0.3, 0.4) is 0 Å².